The number of likely N-dealkylation sites (N-methyl/N-ethyl adjacent to an activating group) is 1. The van der Waals surface area contributed by atoms with E-state index in [2.05, 4.69) is 0 Å². The number of nitrogens with two attached hydrogens (primary N) is 1. The minimum absolute atomic E-state index is 0.00253. The normalized spacial score (nSPS) is 17.5. The van der Waals surface area contributed by atoms with Gasteiger partial charge in [0.1, 0.15) is 0 Å². The Kier molecular flexibility index (Phi) is 4.51. The zero-order valence-corrected chi connectivity index (χ0v) is 11.0. The van der Waals surface area contributed by atoms with Crippen molar-refractivity contribution in [3.8, 4) is 0 Å². The predicted molar refractivity (Wildman–Crippen MR) is 66.3 cm³/mol. The molecule has 5 nitrogen and oxygen atoms in total. The summed E-state index contributed by atoms with van der Waals surface area (Å²) in [5, 5.41) is 0. The molecular weight excluding hydrogens is 218 g/mol. The topological polar surface area (TPSA) is 66.6 Å². The highest BCUT2D eigenvalue weighted by Crippen LogP contribution is 2.28. The highest BCUT2D eigenvalue weighted by atomic mass is 16.2. The largest absolute Gasteiger partial charge is 0.342 e. The van der Waals surface area contributed by atoms with Crippen molar-refractivity contribution in [2.75, 3.05) is 33.2 Å². The summed E-state index contributed by atoms with van der Waals surface area (Å²) in [5.41, 5.74) is 5.27. The summed E-state index contributed by atoms with van der Waals surface area (Å²) >= 11 is 0. The average molecular weight is 241 g/mol. The van der Waals surface area contributed by atoms with Crippen molar-refractivity contribution >= 4 is 11.8 Å². The van der Waals surface area contributed by atoms with Crippen LogP contribution < -0.4 is 5.73 Å². The number of hydrogen-bond acceptors (Lipinski definition) is 3. The van der Waals surface area contributed by atoms with Crippen LogP contribution in [0.1, 0.15) is 26.7 Å². The van der Waals surface area contributed by atoms with E-state index in [1.54, 1.807) is 16.8 Å². The molecule has 2 amide bonds. The van der Waals surface area contributed by atoms with Crippen molar-refractivity contribution in [3.05, 3.63) is 0 Å². The molecule has 1 rings (SSSR count). The molecule has 0 aromatic rings. The molecule has 2 N–H and O–H groups in total. The number of piperazine rings is 1. The highest BCUT2D eigenvalue weighted by molar-refractivity contribution is 5.89. The smallest absolute Gasteiger partial charge is 0.241 e. The predicted octanol–water partition coefficient (Wildman–Crippen LogP) is 0.0521. The van der Waals surface area contributed by atoms with Crippen LogP contribution in [0.15, 0.2) is 0 Å². The number of carbonyl (C=O) groups excluding carboxylic acids is 2. The molecule has 0 atom stereocenters. The van der Waals surface area contributed by atoms with Crippen LogP contribution in [-0.2, 0) is 9.59 Å². The van der Waals surface area contributed by atoms with E-state index in [4.69, 9.17) is 5.73 Å². The third-order valence-electron chi connectivity index (χ3n) is 3.94. The lowest BCUT2D eigenvalue weighted by atomic mass is 9.81. The van der Waals surface area contributed by atoms with Gasteiger partial charge in [0, 0.05) is 26.7 Å². The standard InChI is InChI=1S/C12H23N3O2/c1-4-12(5-2,9-13)11(17)15-7-6-14(3)10(16)8-15/h4-9,13H2,1-3H3. The van der Waals surface area contributed by atoms with Crippen molar-refractivity contribution in [1.82, 2.24) is 9.80 Å². The van der Waals surface area contributed by atoms with E-state index in [9.17, 15) is 9.59 Å². The van der Waals surface area contributed by atoms with Crippen LogP contribution in [0.25, 0.3) is 0 Å². The number of rotatable bonds is 4. The molecule has 0 bridgehead atoms. The minimum Gasteiger partial charge on any atom is -0.342 e. The van der Waals surface area contributed by atoms with Gasteiger partial charge in [-0.3, -0.25) is 9.59 Å². The molecule has 1 saturated heterocycles. The summed E-state index contributed by atoms with van der Waals surface area (Å²) in [7, 11) is 1.76. The van der Waals surface area contributed by atoms with E-state index < -0.39 is 5.41 Å². The molecule has 1 fully saturated rings. The maximum Gasteiger partial charge on any atom is 0.241 e. The Bertz CT molecular complexity index is 292. The fourth-order valence-corrected chi connectivity index (χ4v) is 2.20. The lowest BCUT2D eigenvalue weighted by Gasteiger charge is -2.38. The van der Waals surface area contributed by atoms with Gasteiger partial charge in [-0.2, -0.15) is 0 Å². The summed E-state index contributed by atoms with van der Waals surface area (Å²) in [4.78, 5) is 27.4. The van der Waals surface area contributed by atoms with Gasteiger partial charge in [0.15, 0.2) is 0 Å². The molecular formula is C12H23N3O2. The number of carbonyl (C=O) groups is 2. The molecule has 0 aromatic carbocycles. The Morgan fingerprint density at radius 3 is 2.35 bits per heavy atom. The molecule has 98 valence electrons. The second-order valence-corrected chi connectivity index (χ2v) is 4.73. The van der Waals surface area contributed by atoms with E-state index >= 15 is 0 Å². The van der Waals surface area contributed by atoms with Crippen LogP contribution in [0.4, 0.5) is 0 Å². The van der Waals surface area contributed by atoms with Crippen molar-refractivity contribution < 1.29 is 9.59 Å². The van der Waals surface area contributed by atoms with E-state index in [0.29, 0.717) is 19.6 Å². The quantitative estimate of drug-likeness (QED) is 0.756. The summed E-state index contributed by atoms with van der Waals surface area (Å²) in [5.74, 6) is 0.0363. The first kappa shape index (κ1) is 14.0. The lowest BCUT2D eigenvalue weighted by molar-refractivity contribution is -0.151. The fraction of sp³-hybridized carbons (Fsp3) is 0.833. The monoisotopic (exact) mass is 241 g/mol. The van der Waals surface area contributed by atoms with Crippen molar-refractivity contribution in [2.24, 2.45) is 11.1 Å². The van der Waals surface area contributed by atoms with Crippen LogP contribution >= 0.6 is 0 Å². The Labute approximate surface area is 103 Å². The molecule has 0 radical (unpaired) electrons. The van der Waals surface area contributed by atoms with Crippen LogP contribution in [0.2, 0.25) is 0 Å². The Morgan fingerprint density at radius 1 is 1.35 bits per heavy atom. The molecule has 0 aliphatic carbocycles. The Balaban J connectivity index is 2.79. The summed E-state index contributed by atoms with van der Waals surface area (Å²) in [6.45, 7) is 5.72. The summed E-state index contributed by atoms with van der Waals surface area (Å²) in [6, 6.07) is 0. The number of amides is 2. The zero-order valence-electron chi connectivity index (χ0n) is 11.0. The van der Waals surface area contributed by atoms with Crippen LogP contribution in [0.3, 0.4) is 0 Å². The van der Waals surface area contributed by atoms with Gasteiger partial charge in [0.25, 0.3) is 0 Å². The Hall–Kier alpha value is -1.10. The van der Waals surface area contributed by atoms with Gasteiger partial charge in [-0.05, 0) is 12.8 Å². The van der Waals surface area contributed by atoms with E-state index in [0.717, 1.165) is 12.8 Å². The zero-order chi connectivity index (χ0) is 13.1. The van der Waals surface area contributed by atoms with Crippen LogP contribution in [-0.4, -0.2) is 54.8 Å². The van der Waals surface area contributed by atoms with Crippen molar-refractivity contribution in [2.45, 2.75) is 26.7 Å². The second-order valence-electron chi connectivity index (χ2n) is 4.73. The third-order valence-corrected chi connectivity index (χ3v) is 3.94. The average Bonchev–Trinajstić information content (AvgIpc) is 2.35. The number of hydrogen-bond donors (Lipinski definition) is 1. The number of nitrogens with zero attached hydrogens (tertiary/aromatic N) is 2. The molecule has 0 saturated carbocycles. The van der Waals surface area contributed by atoms with Crippen LogP contribution in [0, 0.1) is 5.41 Å². The lowest BCUT2D eigenvalue weighted by Crippen LogP contribution is -2.56. The first-order chi connectivity index (χ1) is 8.00. The van der Waals surface area contributed by atoms with Gasteiger partial charge >= 0.3 is 0 Å². The second kappa shape index (κ2) is 5.49. The van der Waals surface area contributed by atoms with Gasteiger partial charge in [0.05, 0.1) is 12.0 Å². The van der Waals surface area contributed by atoms with Gasteiger partial charge < -0.3 is 15.5 Å². The molecule has 1 heterocycles. The fourth-order valence-electron chi connectivity index (χ4n) is 2.20. The van der Waals surface area contributed by atoms with Gasteiger partial charge in [0.2, 0.25) is 11.8 Å². The molecule has 0 unspecified atom stereocenters. The maximum atomic E-state index is 12.4. The molecule has 1 aliphatic rings. The van der Waals surface area contributed by atoms with Gasteiger partial charge in [-0.15, -0.1) is 0 Å². The molecule has 0 aromatic heterocycles. The minimum atomic E-state index is -0.490. The molecule has 17 heavy (non-hydrogen) atoms. The van der Waals surface area contributed by atoms with Crippen molar-refractivity contribution in [1.29, 1.82) is 0 Å². The highest BCUT2D eigenvalue weighted by Gasteiger charge is 2.38. The summed E-state index contributed by atoms with van der Waals surface area (Å²) < 4.78 is 0. The maximum absolute atomic E-state index is 12.4. The van der Waals surface area contributed by atoms with E-state index in [1.807, 2.05) is 13.8 Å². The molecule has 5 heteroatoms. The van der Waals surface area contributed by atoms with E-state index in [-0.39, 0.29) is 18.4 Å². The van der Waals surface area contributed by atoms with Gasteiger partial charge in [-0.1, -0.05) is 13.8 Å². The third kappa shape index (κ3) is 2.60. The Morgan fingerprint density at radius 2 is 1.94 bits per heavy atom. The molecule has 0 spiro atoms. The molecule has 1 aliphatic heterocycles. The summed E-state index contributed by atoms with van der Waals surface area (Å²) in [6.07, 6.45) is 1.44. The first-order valence-corrected chi connectivity index (χ1v) is 6.24. The van der Waals surface area contributed by atoms with E-state index in [1.165, 1.54) is 0 Å². The SMILES string of the molecule is CCC(CC)(CN)C(=O)N1CCN(C)C(=O)C1. The van der Waals surface area contributed by atoms with Crippen molar-refractivity contribution in [3.63, 3.8) is 0 Å². The first-order valence-electron chi connectivity index (χ1n) is 6.24. The van der Waals surface area contributed by atoms with Gasteiger partial charge in [-0.25, -0.2) is 0 Å². The van der Waals surface area contributed by atoms with Crippen LogP contribution in [0.5, 0.6) is 0 Å².